The molecule has 0 spiro atoms. The fraction of sp³-hybridized carbons (Fsp3) is 0.625. The molecule has 0 aromatic heterocycles. The van der Waals surface area contributed by atoms with Crippen LogP contribution in [0.15, 0.2) is 24.3 Å². The minimum Gasteiger partial charge on any atom is -0.496 e. The molecule has 0 radical (unpaired) electrons. The van der Waals surface area contributed by atoms with Crippen LogP contribution in [0.1, 0.15) is 31.2 Å². The molecule has 1 aromatic carbocycles. The second-order valence-corrected chi connectivity index (χ2v) is 5.23. The molecule has 0 aliphatic carbocycles. The van der Waals surface area contributed by atoms with Crippen LogP contribution in [0.3, 0.4) is 0 Å². The van der Waals surface area contributed by atoms with E-state index in [1.807, 2.05) is 19.2 Å². The zero-order valence-corrected chi connectivity index (χ0v) is 12.0. The molecular weight excluding hydrogens is 238 g/mol. The molecule has 2 atom stereocenters. The molecule has 1 saturated heterocycles. The van der Waals surface area contributed by atoms with E-state index in [1.165, 1.54) is 24.8 Å². The van der Waals surface area contributed by atoms with Crippen molar-refractivity contribution in [3.63, 3.8) is 0 Å². The second kappa shape index (κ2) is 7.51. The maximum absolute atomic E-state index is 5.83. The molecule has 1 heterocycles. The number of likely N-dealkylation sites (N-methyl/N-ethyl adjacent to an activating group) is 1. The van der Waals surface area contributed by atoms with Crippen LogP contribution in [0.4, 0.5) is 0 Å². The van der Waals surface area contributed by atoms with E-state index in [9.17, 15) is 0 Å². The van der Waals surface area contributed by atoms with Crippen molar-refractivity contribution in [3.05, 3.63) is 29.8 Å². The second-order valence-electron chi connectivity index (χ2n) is 5.23. The standard InChI is InChI=1S/C16H25NO2/c1-17-14(12-15-8-5-6-10-19-15)11-13-7-3-4-9-16(13)18-2/h3-4,7,9,14-15,17H,5-6,8,10-12H2,1-2H3. The number of hydrogen-bond acceptors (Lipinski definition) is 3. The minimum atomic E-state index is 0.418. The van der Waals surface area contributed by atoms with Gasteiger partial charge in [-0.2, -0.15) is 0 Å². The van der Waals surface area contributed by atoms with Gasteiger partial charge >= 0.3 is 0 Å². The normalized spacial score (nSPS) is 21.1. The highest BCUT2D eigenvalue weighted by Crippen LogP contribution is 2.22. The SMILES string of the molecule is CNC(Cc1ccccc1OC)CC1CCCCO1. The Bertz CT molecular complexity index is 375. The lowest BCUT2D eigenvalue weighted by atomic mass is 9.96. The third-order valence-corrected chi connectivity index (χ3v) is 3.89. The first kappa shape index (κ1) is 14.4. The quantitative estimate of drug-likeness (QED) is 0.856. The molecule has 1 aromatic rings. The molecule has 0 bridgehead atoms. The van der Waals surface area contributed by atoms with Crippen molar-refractivity contribution >= 4 is 0 Å². The van der Waals surface area contributed by atoms with Gasteiger partial charge in [0.25, 0.3) is 0 Å². The number of benzene rings is 1. The van der Waals surface area contributed by atoms with Crippen LogP contribution in [-0.2, 0) is 11.2 Å². The third kappa shape index (κ3) is 4.22. The largest absolute Gasteiger partial charge is 0.496 e. The van der Waals surface area contributed by atoms with E-state index in [-0.39, 0.29) is 0 Å². The molecule has 106 valence electrons. The number of para-hydroxylation sites is 1. The molecule has 1 fully saturated rings. The van der Waals surface area contributed by atoms with Crippen LogP contribution < -0.4 is 10.1 Å². The summed E-state index contributed by atoms with van der Waals surface area (Å²) in [5.41, 5.74) is 1.26. The fourth-order valence-electron chi connectivity index (χ4n) is 2.75. The van der Waals surface area contributed by atoms with E-state index in [2.05, 4.69) is 17.4 Å². The van der Waals surface area contributed by atoms with Crippen molar-refractivity contribution in [2.45, 2.75) is 44.2 Å². The lowest BCUT2D eigenvalue weighted by molar-refractivity contribution is 0.00566. The first-order valence-corrected chi connectivity index (χ1v) is 7.24. The van der Waals surface area contributed by atoms with Gasteiger partial charge in [0.2, 0.25) is 0 Å². The molecule has 0 amide bonds. The van der Waals surface area contributed by atoms with Crippen molar-refractivity contribution in [1.29, 1.82) is 0 Å². The molecule has 2 rings (SSSR count). The van der Waals surface area contributed by atoms with Gasteiger partial charge in [0.15, 0.2) is 0 Å². The van der Waals surface area contributed by atoms with Crippen LogP contribution in [0.25, 0.3) is 0 Å². The summed E-state index contributed by atoms with van der Waals surface area (Å²) < 4.78 is 11.3. The smallest absolute Gasteiger partial charge is 0.122 e. The maximum atomic E-state index is 5.83. The van der Waals surface area contributed by atoms with Gasteiger partial charge in [-0.05, 0) is 50.8 Å². The summed E-state index contributed by atoms with van der Waals surface area (Å²) in [6, 6.07) is 8.70. The van der Waals surface area contributed by atoms with Crippen LogP contribution in [0.2, 0.25) is 0 Å². The lowest BCUT2D eigenvalue weighted by Crippen LogP contribution is -2.34. The van der Waals surface area contributed by atoms with Crippen molar-refractivity contribution in [2.24, 2.45) is 0 Å². The van der Waals surface area contributed by atoms with Gasteiger partial charge in [0.1, 0.15) is 5.75 Å². The predicted molar refractivity (Wildman–Crippen MR) is 77.8 cm³/mol. The Morgan fingerprint density at radius 1 is 1.37 bits per heavy atom. The molecule has 1 N–H and O–H groups in total. The molecule has 3 nitrogen and oxygen atoms in total. The van der Waals surface area contributed by atoms with Crippen molar-refractivity contribution in [3.8, 4) is 5.75 Å². The third-order valence-electron chi connectivity index (χ3n) is 3.89. The van der Waals surface area contributed by atoms with Gasteiger partial charge in [0, 0.05) is 12.6 Å². The van der Waals surface area contributed by atoms with Gasteiger partial charge in [-0.15, -0.1) is 0 Å². The average Bonchev–Trinajstić information content (AvgIpc) is 2.48. The Labute approximate surface area is 116 Å². The topological polar surface area (TPSA) is 30.5 Å². The van der Waals surface area contributed by atoms with Gasteiger partial charge < -0.3 is 14.8 Å². The molecular formula is C16H25NO2. The molecule has 1 aliphatic rings. The van der Waals surface area contributed by atoms with E-state index < -0.39 is 0 Å². The number of hydrogen-bond donors (Lipinski definition) is 1. The highest BCUT2D eigenvalue weighted by atomic mass is 16.5. The van der Waals surface area contributed by atoms with Crippen molar-refractivity contribution < 1.29 is 9.47 Å². The first-order valence-electron chi connectivity index (χ1n) is 7.24. The molecule has 2 unspecified atom stereocenters. The van der Waals surface area contributed by atoms with Gasteiger partial charge in [-0.1, -0.05) is 18.2 Å². The Morgan fingerprint density at radius 3 is 2.89 bits per heavy atom. The highest BCUT2D eigenvalue weighted by Gasteiger charge is 2.19. The maximum Gasteiger partial charge on any atom is 0.122 e. The van der Waals surface area contributed by atoms with Crippen molar-refractivity contribution in [1.82, 2.24) is 5.32 Å². The van der Waals surface area contributed by atoms with E-state index in [1.54, 1.807) is 7.11 Å². The zero-order chi connectivity index (χ0) is 13.5. The highest BCUT2D eigenvalue weighted by molar-refractivity contribution is 5.33. The minimum absolute atomic E-state index is 0.418. The number of ether oxygens (including phenoxy) is 2. The van der Waals surface area contributed by atoms with Crippen LogP contribution in [0.5, 0.6) is 5.75 Å². The van der Waals surface area contributed by atoms with Gasteiger partial charge in [-0.3, -0.25) is 0 Å². The monoisotopic (exact) mass is 263 g/mol. The summed E-state index contributed by atoms with van der Waals surface area (Å²) in [4.78, 5) is 0. The van der Waals surface area contributed by atoms with Gasteiger partial charge in [-0.25, -0.2) is 0 Å². The van der Waals surface area contributed by atoms with Crippen LogP contribution >= 0.6 is 0 Å². The number of nitrogens with one attached hydrogen (secondary N) is 1. The average molecular weight is 263 g/mol. The Hall–Kier alpha value is -1.06. The first-order chi connectivity index (χ1) is 9.33. The molecule has 0 saturated carbocycles. The molecule has 3 heteroatoms. The molecule has 19 heavy (non-hydrogen) atoms. The zero-order valence-electron chi connectivity index (χ0n) is 12.0. The lowest BCUT2D eigenvalue weighted by Gasteiger charge is -2.27. The summed E-state index contributed by atoms with van der Waals surface area (Å²) >= 11 is 0. The Balaban J connectivity index is 1.94. The number of rotatable bonds is 6. The summed E-state index contributed by atoms with van der Waals surface area (Å²) in [6.07, 6.45) is 6.20. The van der Waals surface area contributed by atoms with Crippen LogP contribution in [0, 0.1) is 0 Å². The predicted octanol–water partition coefficient (Wildman–Crippen LogP) is 2.78. The fourth-order valence-corrected chi connectivity index (χ4v) is 2.75. The summed E-state index contributed by atoms with van der Waals surface area (Å²) in [5, 5.41) is 3.41. The van der Waals surface area contributed by atoms with E-state index in [4.69, 9.17) is 9.47 Å². The van der Waals surface area contributed by atoms with Crippen molar-refractivity contribution in [2.75, 3.05) is 20.8 Å². The summed E-state index contributed by atoms with van der Waals surface area (Å²) in [7, 11) is 3.76. The van der Waals surface area contributed by atoms with Gasteiger partial charge in [0.05, 0.1) is 13.2 Å². The Morgan fingerprint density at radius 2 is 2.21 bits per heavy atom. The van der Waals surface area contributed by atoms with E-state index in [0.29, 0.717) is 12.1 Å². The summed E-state index contributed by atoms with van der Waals surface area (Å²) in [5.74, 6) is 0.979. The summed E-state index contributed by atoms with van der Waals surface area (Å²) in [6.45, 7) is 0.926. The Kier molecular flexibility index (Phi) is 5.67. The number of methoxy groups -OCH3 is 1. The van der Waals surface area contributed by atoms with E-state index in [0.717, 1.165) is 25.2 Å². The van der Waals surface area contributed by atoms with E-state index >= 15 is 0 Å². The molecule has 1 aliphatic heterocycles. The van der Waals surface area contributed by atoms with Crippen LogP contribution in [-0.4, -0.2) is 32.9 Å².